The second-order valence-corrected chi connectivity index (χ2v) is 9.39. The summed E-state index contributed by atoms with van der Waals surface area (Å²) in [5.41, 5.74) is 2.30. The van der Waals surface area contributed by atoms with Crippen LogP contribution in [0.4, 0.5) is 11.4 Å². The van der Waals surface area contributed by atoms with E-state index >= 15 is 0 Å². The van der Waals surface area contributed by atoms with Crippen molar-refractivity contribution in [3.63, 3.8) is 0 Å². The van der Waals surface area contributed by atoms with Gasteiger partial charge in [-0.15, -0.1) is 0 Å². The summed E-state index contributed by atoms with van der Waals surface area (Å²) in [7, 11) is -3.79. The lowest BCUT2D eigenvalue weighted by Gasteiger charge is -2.12. The van der Waals surface area contributed by atoms with Crippen LogP contribution in [0.1, 0.15) is 36.8 Å². The minimum absolute atomic E-state index is 0.0241. The molecule has 1 aromatic heterocycles. The molecule has 0 spiro atoms. The van der Waals surface area contributed by atoms with Crippen molar-refractivity contribution >= 4 is 39.5 Å². The molecule has 172 valence electrons. The number of anilines is 2. The Morgan fingerprint density at radius 3 is 2.58 bits per heavy atom. The van der Waals surface area contributed by atoms with Gasteiger partial charge in [0.2, 0.25) is 5.91 Å². The smallest absolute Gasteiger partial charge is 0.262 e. The van der Waals surface area contributed by atoms with Crippen molar-refractivity contribution < 1.29 is 22.5 Å². The van der Waals surface area contributed by atoms with Crippen LogP contribution in [0, 0.1) is 12.8 Å². The zero-order valence-corrected chi connectivity index (χ0v) is 19.2. The number of aromatic nitrogens is 1. The molecule has 1 amide bonds. The van der Waals surface area contributed by atoms with Crippen LogP contribution >= 0.6 is 0 Å². The largest absolute Gasteiger partial charge is 0.492 e. The highest BCUT2D eigenvalue weighted by Crippen LogP contribution is 2.32. The predicted octanol–water partition coefficient (Wildman–Crippen LogP) is 4.70. The Balaban J connectivity index is 1.48. The summed E-state index contributed by atoms with van der Waals surface area (Å²) in [5.74, 6) is 0.950. The maximum Gasteiger partial charge on any atom is 0.262 e. The Bertz CT molecular complexity index is 1280. The van der Waals surface area contributed by atoms with Gasteiger partial charge >= 0.3 is 0 Å². The minimum Gasteiger partial charge on any atom is -0.492 e. The minimum atomic E-state index is -3.79. The second-order valence-electron chi connectivity index (χ2n) is 7.71. The van der Waals surface area contributed by atoms with Crippen molar-refractivity contribution in [2.45, 2.75) is 31.6 Å². The van der Waals surface area contributed by atoms with Crippen LogP contribution in [-0.2, 0) is 14.8 Å². The average Bonchev–Trinajstić information content (AvgIpc) is 3.60. The molecular weight excluding hydrogens is 442 g/mol. The summed E-state index contributed by atoms with van der Waals surface area (Å²) in [6.45, 7) is 4.03. The number of nitrogens with one attached hydrogen (secondary N) is 2. The highest BCUT2D eigenvalue weighted by atomic mass is 32.2. The SMILES string of the molecule is CCOc1ccccc1NS(=O)(=O)c1ccc(/C=C\c2onc(C)c2NC(=O)C2CC2)cc1. The van der Waals surface area contributed by atoms with Gasteiger partial charge in [0.25, 0.3) is 10.0 Å². The summed E-state index contributed by atoms with van der Waals surface area (Å²) >= 11 is 0. The fraction of sp³-hybridized carbons (Fsp3) is 0.250. The average molecular weight is 468 g/mol. The Morgan fingerprint density at radius 1 is 1.15 bits per heavy atom. The molecule has 0 aliphatic heterocycles. The maximum atomic E-state index is 12.8. The number of rotatable bonds is 9. The van der Waals surface area contributed by atoms with E-state index in [0.717, 1.165) is 18.4 Å². The van der Waals surface area contributed by atoms with Gasteiger partial charge in [0.05, 0.1) is 17.2 Å². The normalized spacial score (nSPS) is 13.8. The van der Waals surface area contributed by atoms with E-state index in [-0.39, 0.29) is 16.7 Å². The Hall–Kier alpha value is -3.59. The standard InChI is InChI=1S/C24H25N3O5S/c1-3-31-21-7-5-4-6-20(21)27-33(29,30)19-13-8-17(9-14-19)10-15-22-23(16(2)26-32-22)25-24(28)18-11-12-18/h4-10,13-15,18,27H,3,11-12H2,1-2H3,(H,25,28)/b15-10-. The van der Waals surface area contributed by atoms with Gasteiger partial charge in [-0.05, 0) is 62.6 Å². The number of sulfonamides is 1. The van der Waals surface area contributed by atoms with Gasteiger partial charge < -0.3 is 14.6 Å². The van der Waals surface area contributed by atoms with Crippen molar-refractivity contribution in [2.75, 3.05) is 16.6 Å². The molecule has 2 N–H and O–H groups in total. The molecule has 0 unspecified atom stereocenters. The van der Waals surface area contributed by atoms with Crippen LogP contribution in [0.25, 0.3) is 12.2 Å². The van der Waals surface area contributed by atoms with Crippen molar-refractivity contribution in [1.82, 2.24) is 5.16 Å². The number of ether oxygens (including phenoxy) is 1. The molecule has 3 aromatic rings. The Labute approximate surface area is 192 Å². The van der Waals surface area contributed by atoms with Crippen LogP contribution in [0.2, 0.25) is 0 Å². The highest BCUT2D eigenvalue weighted by molar-refractivity contribution is 7.92. The van der Waals surface area contributed by atoms with Gasteiger partial charge in [0.15, 0.2) is 5.76 Å². The summed E-state index contributed by atoms with van der Waals surface area (Å²) in [6, 6.07) is 13.3. The van der Waals surface area contributed by atoms with Crippen LogP contribution in [0.3, 0.4) is 0 Å². The highest BCUT2D eigenvalue weighted by Gasteiger charge is 2.30. The molecule has 0 radical (unpaired) electrons. The molecule has 1 heterocycles. The fourth-order valence-electron chi connectivity index (χ4n) is 3.19. The van der Waals surface area contributed by atoms with Crippen molar-refractivity contribution in [1.29, 1.82) is 0 Å². The first-order valence-electron chi connectivity index (χ1n) is 10.7. The molecule has 8 nitrogen and oxygen atoms in total. The summed E-state index contributed by atoms with van der Waals surface area (Å²) in [5, 5.41) is 6.81. The van der Waals surface area contributed by atoms with E-state index in [2.05, 4.69) is 15.2 Å². The van der Waals surface area contributed by atoms with E-state index in [1.807, 2.05) is 6.92 Å². The predicted molar refractivity (Wildman–Crippen MR) is 126 cm³/mol. The van der Waals surface area contributed by atoms with Gasteiger partial charge in [-0.25, -0.2) is 8.42 Å². The van der Waals surface area contributed by atoms with Crippen molar-refractivity contribution in [2.24, 2.45) is 5.92 Å². The zero-order chi connectivity index (χ0) is 23.4. The molecule has 33 heavy (non-hydrogen) atoms. The first-order chi connectivity index (χ1) is 15.9. The summed E-state index contributed by atoms with van der Waals surface area (Å²) < 4.78 is 39.0. The molecule has 0 atom stereocenters. The number of amides is 1. The first-order valence-corrected chi connectivity index (χ1v) is 12.2. The fourth-order valence-corrected chi connectivity index (χ4v) is 4.26. The van der Waals surface area contributed by atoms with Gasteiger partial charge in [0.1, 0.15) is 17.1 Å². The molecule has 9 heteroatoms. The van der Waals surface area contributed by atoms with Gasteiger partial charge in [0, 0.05) is 5.92 Å². The number of benzene rings is 2. The van der Waals surface area contributed by atoms with Crippen LogP contribution < -0.4 is 14.8 Å². The number of para-hydroxylation sites is 2. The molecule has 1 saturated carbocycles. The molecule has 1 aliphatic carbocycles. The van der Waals surface area contributed by atoms with Crippen molar-refractivity contribution in [3.05, 3.63) is 65.5 Å². The van der Waals surface area contributed by atoms with Crippen LogP contribution in [0.15, 0.2) is 57.9 Å². The topological polar surface area (TPSA) is 111 Å². The lowest BCUT2D eigenvalue weighted by atomic mass is 10.2. The van der Waals surface area contributed by atoms with Gasteiger partial charge in [-0.3, -0.25) is 9.52 Å². The van der Waals surface area contributed by atoms with E-state index in [0.29, 0.717) is 35.2 Å². The summed E-state index contributed by atoms with van der Waals surface area (Å²) in [6.07, 6.45) is 5.27. The van der Waals surface area contributed by atoms with Crippen molar-refractivity contribution in [3.8, 4) is 5.75 Å². The van der Waals surface area contributed by atoms with E-state index < -0.39 is 10.0 Å². The maximum absolute atomic E-state index is 12.8. The molecule has 1 aliphatic rings. The van der Waals surface area contributed by atoms with Gasteiger partial charge in [-0.1, -0.05) is 35.5 Å². The third-order valence-corrected chi connectivity index (χ3v) is 6.52. The van der Waals surface area contributed by atoms with E-state index in [4.69, 9.17) is 9.26 Å². The molecular formula is C24H25N3O5S. The molecule has 4 rings (SSSR count). The lowest BCUT2D eigenvalue weighted by Crippen LogP contribution is -2.14. The molecule has 2 aromatic carbocycles. The lowest BCUT2D eigenvalue weighted by molar-refractivity contribution is -0.117. The molecule has 0 bridgehead atoms. The number of hydrogen-bond acceptors (Lipinski definition) is 6. The Kier molecular flexibility index (Phi) is 6.50. The Morgan fingerprint density at radius 2 is 1.88 bits per heavy atom. The zero-order valence-electron chi connectivity index (χ0n) is 18.4. The third-order valence-electron chi connectivity index (χ3n) is 5.13. The third kappa shape index (κ3) is 5.43. The number of nitrogens with zero attached hydrogens (tertiary/aromatic N) is 1. The number of carbonyl (C=O) groups is 1. The molecule has 1 fully saturated rings. The number of carbonyl (C=O) groups excluding carboxylic acids is 1. The summed E-state index contributed by atoms with van der Waals surface area (Å²) in [4.78, 5) is 12.2. The van der Waals surface area contributed by atoms with Crippen LogP contribution in [0.5, 0.6) is 5.75 Å². The van der Waals surface area contributed by atoms with Crippen LogP contribution in [-0.4, -0.2) is 26.1 Å². The van der Waals surface area contributed by atoms with Gasteiger partial charge in [-0.2, -0.15) is 0 Å². The number of hydrogen-bond donors (Lipinski definition) is 2. The quantitative estimate of drug-likeness (QED) is 0.472. The molecule has 0 saturated heterocycles. The second kappa shape index (κ2) is 9.50. The van der Waals surface area contributed by atoms with E-state index in [1.165, 1.54) is 12.1 Å². The number of aryl methyl sites for hydroxylation is 1. The monoisotopic (exact) mass is 467 g/mol. The first kappa shape index (κ1) is 22.6. The van der Waals surface area contributed by atoms with E-state index in [9.17, 15) is 13.2 Å². The van der Waals surface area contributed by atoms with E-state index in [1.54, 1.807) is 55.5 Å².